The third-order valence-corrected chi connectivity index (χ3v) is 5.56. The van der Waals surface area contributed by atoms with Crippen molar-refractivity contribution < 1.29 is 4.79 Å². The SMILES string of the molecule is CCN(CCN)C(=O)C12CC3CC(CC(C3)C1)C2. The van der Waals surface area contributed by atoms with Crippen LogP contribution in [0.25, 0.3) is 0 Å². The summed E-state index contributed by atoms with van der Waals surface area (Å²) in [6.07, 6.45) is 7.69. The molecule has 3 nitrogen and oxygen atoms in total. The number of carbonyl (C=O) groups is 1. The Balaban J connectivity index is 1.80. The first kappa shape index (κ1) is 12.5. The Morgan fingerprint density at radius 2 is 1.67 bits per heavy atom. The van der Waals surface area contributed by atoms with Gasteiger partial charge in [-0.3, -0.25) is 4.79 Å². The molecule has 0 unspecified atom stereocenters. The number of amides is 1. The lowest BCUT2D eigenvalue weighted by Gasteiger charge is -2.56. The van der Waals surface area contributed by atoms with E-state index in [1.165, 1.54) is 38.5 Å². The van der Waals surface area contributed by atoms with E-state index in [0.717, 1.165) is 30.8 Å². The van der Waals surface area contributed by atoms with Gasteiger partial charge in [0, 0.05) is 19.6 Å². The molecule has 0 saturated heterocycles. The van der Waals surface area contributed by atoms with E-state index in [-0.39, 0.29) is 5.41 Å². The average Bonchev–Trinajstić information content (AvgIpc) is 2.33. The van der Waals surface area contributed by atoms with Crippen molar-refractivity contribution in [1.29, 1.82) is 0 Å². The third-order valence-electron chi connectivity index (χ3n) is 5.56. The molecule has 4 fully saturated rings. The Bertz CT molecular complexity index is 304. The Kier molecular flexibility index (Phi) is 3.13. The zero-order valence-corrected chi connectivity index (χ0v) is 11.5. The molecule has 0 heterocycles. The van der Waals surface area contributed by atoms with Crippen molar-refractivity contribution >= 4 is 5.91 Å². The van der Waals surface area contributed by atoms with Gasteiger partial charge in [0.25, 0.3) is 0 Å². The predicted molar refractivity (Wildman–Crippen MR) is 71.9 cm³/mol. The molecule has 2 N–H and O–H groups in total. The van der Waals surface area contributed by atoms with Crippen LogP contribution < -0.4 is 5.73 Å². The largest absolute Gasteiger partial charge is 0.341 e. The summed E-state index contributed by atoms with van der Waals surface area (Å²) in [7, 11) is 0. The molecule has 0 aliphatic heterocycles. The first-order valence-electron chi connectivity index (χ1n) is 7.66. The van der Waals surface area contributed by atoms with E-state index in [2.05, 4.69) is 6.92 Å². The van der Waals surface area contributed by atoms with Crippen LogP contribution >= 0.6 is 0 Å². The first-order valence-corrected chi connectivity index (χ1v) is 7.66. The van der Waals surface area contributed by atoms with Gasteiger partial charge < -0.3 is 10.6 Å². The van der Waals surface area contributed by atoms with Crippen LogP contribution in [-0.4, -0.2) is 30.4 Å². The molecule has 0 aromatic heterocycles. The van der Waals surface area contributed by atoms with E-state index in [1.54, 1.807) is 0 Å². The maximum atomic E-state index is 12.9. The number of nitrogens with two attached hydrogens (primary N) is 1. The molecule has 4 aliphatic rings. The lowest BCUT2D eigenvalue weighted by atomic mass is 9.49. The molecule has 4 aliphatic carbocycles. The van der Waals surface area contributed by atoms with Gasteiger partial charge in [0.05, 0.1) is 5.41 Å². The first-order chi connectivity index (χ1) is 8.66. The van der Waals surface area contributed by atoms with Crippen LogP contribution in [0.3, 0.4) is 0 Å². The zero-order valence-electron chi connectivity index (χ0n) is 11.5. The highest BCUT2D eigenvalue weighted by atomic mass is 16.2. The fourth-order valence-corrected chi connectivity index (χ4v) is 5.27. The predicted octanol–water partition coefficient (Wildman–Crippen LogP) is 2.01. The van der Waals surface area contributed by atoms with Crippen LogP contribution in [0.2, 0.25) is 0 Å². The summed E-state index contributed by atoms with van der Waals surface area (Å²) in [6, 6.07) is 0. The minimum atomic E-state index is 0.0138. The Labute approximate surface area is 110 Å². The summed E-state index contributed by atoms with van der Waals surface area (Å²) in [5.74, 6) is 2.96. The lowest BCUT2D eigenvalue weighted by Crippen LogP contribution is -2.55. The molecule has 0 atom stereocenters. The zero-order chi connectivity index (χ0) is 12.8. The van der Waals surface area contributed by atoms with Gasteiger partial charge >= 0.3 is 0 Å². The van der Waals surface area contributed by atoms with Crippen LogP contribution in [0.1, 0.15) is 45.4 Å². The van der Waals surface area contributed by atoms with Crippen molar-refractivity contribution in [3.8, 4) is 0 Å². The number of hydrogen-bond donors (Lipinski definition) is 1. The van der Waals surface area contributed by atoms with Gasteiger partial charge in [-0.05, 0) is 63.2 Å². The minimum Gasteiger partial charge on any atom is -0.341 e. The maximum absolute atomic E-state index is 12.9. The van der Waals surface area contributed by atoms with Crippen molar-refractivity contribution in [2.75, 3.05) is 19.6 Å². The van der Waals surface area contributed by atoms with Gasteiger partial charge in [-0.25, -0.2) is 0 Å². The highest BCUT2D eigenvalue weighted by Crippen LogP contribution is 2.60. The van der Waals surface area contributed by atoms with Crippen LogP contribution in [0.5, 0.6) is 0 Å². The number of nitrogens with zero attached hydrogens (tertiary/aromatic N) is 1. The monoisotopic (exact) mass is 250 g/mol. The standard InChI is InChI=1S/C15H26N2O/c1-2-17(4-3-16)14(18)15-8-11-5-12(9-15)7-13(6-11)10-15/h11-13H,2-10,16H2,1H3. The van der Waals surface area contributed by atoms with Crippen molar-refractivity contribution in [1.82, 2.24) is 4.90 Å². The molecule has 18 heavy (non-hydrogen) atoms. The number of likely N-dealkylation sites (N-methyl/N-ethyl adjacent to an activating group) is 1. The van der Waals surface area contributed by atoms with Gasteiger partial charge in [-0.15, -0.1) is 0 Å². The smallest absolute Gasteiger partial charge is 0.228 e. The maximum Gasteiger partial charge on any atom is 0.228 e. The molecule has 1 amide bonds. The second-order valence-corrected chi connectivity index (χ2v) is 6.87. The van der Waals surface area contributed by atoms with Gasteiger partial charge in [-0.1, -0.05) is 0 Å². The van der Waals surface area contributed by atoms with Gasteiger partial charge in [0.2, 0.25) is 5.91 Å². The molecule has 0 spiro atoms. The van der Waals surface area contributed by atoms with Crippen LogP contribution in [0.15, 0.2) is 0 Å². The quantitative estimate of drug-likeness (QED) is 0.829. The second-order valence-electron chi connectivity index (χ2n) is 6.87. The Morgan fingerprint density at radius 1 is 1.17 bits per heavy atom. The lowest BCUT2D eigenvalue weighted by molar-refractivity contribution is -0.157. The fourth-order valence-electron chi connectivity index (χ4n) is 5.27. The van der Waals surface area contributed by atoms with Gasteiger partial charge in [0.15, 0.2) is 0 Å². The summed E-state index contributed by atoms with van der Waals surface area (Å²) in [6.45, 7) is 4.22. The van der Waals surface area contributed by atoms with Crippen LogP contribution in [0.4, 0.5) is 0 Å². The molecular formula is C15H26N2O. The van der Waals surface area contributed by atoms with Crippen LogP contribution in [0, 0.1) is 23.2 Å². The normalized spacial score (nSPS) is 41.1. The van der Waals surface area contributed by atoms with E-state index >= 15 is 0 Å². The van der Waals surface area contributed by atoms with E-state index in [4.69, 9.17) is 5.73 Å². The van der Waals surface area contributed by atoms with Crippen molar-refractivity contribution in [2.45, 2.75) is 45.4 Å². The molecule has 0 aromatic carbocycles. The van der Waals surface area contributed by atoms with E-state index < -0.39 is 0 Å². The van der Waals surface area contributed by atoms with Crippen molar-refractivity contribution in [3.63, 3.8) is 0 Å². The van der Waals surface area contributed by atoms with E-state index in [0.29, 0.717) is 12.5 Å². The van der Waals surface area contributed by atoms with Gasteiger partial charge in [0.1, 0.15) is 0 Å². The van der Waals surface area contributed by atoms with E-state index in [9.17, 15) is 4.79 Å². The van der Waals surface area contributed by atoms with Crippen molar-refractivity contribution in [2.24, 2.45) is 28.9 Å². The summed E-state index contributed by atoms with van der Waals surface area (Å²) in [5, 5.41) is 0. The molecule has 0 radical (unpaired) electrons. The molecule has 4 bridgehead atoms. The number of carbonyl (C=O) groups excluding carboxylic acids is 1. The molecule has 4 rings (SSSR count). The number of rotatable bonds is 4. The summed E-state index contributed by atoms with van der Waals surface area (Å²) in [5.41, 5.74) is 5.65. The topological polar surface area (TPSA) is 46.3 Å². The van der Waals surface area contributed by atoms with Crippen molar-refractivity contribution in [3.05, 3.63) is 0 Å². The Hall–Kier alpha value is -0.570. The minimum absolute atomic E-state index is 0.0138. The molecule has 4 saturated carbocycles. The molecule has 102 valence electrons. The molecule has 3 heteroatoms. The Morgan fingerprint density at radius 3 is 2.06 bits per heavy atom. The molecular weight excluding hydrogens is 224 g/mol. The summed E-state index contributed by atoms with van der Waals surface area (Å²) < 4.78 is 0. The summed E-state index contributed by atoms with van der Waals surface area (Å²) in [4.78, 5) is 14.9. The fraction of sp³-hybridized carbons (Fsp3) is 0.933. The van der Waals surface area contributed by atoms with Crippen LogP contribution in [-0.2, 0) is 4.79 Å². The molecule has 0 aromatic rings. The van der Waals surface area contributed by atoms with Gasteiger partial charge in [-0.2, -0.15) is 0 Å². The number of hydrogen-bond acceptors (Lipinski definition) is 2. The highest BCUT2D eigenvalue weighted by Gasteiger charge is 2.55. The third kappa shape index (κ3) is 1.87. The second kappa shape index (κ2) is 4.52. The highest BCUT2D eigenvalue weighted by molar-refractivity contribution is 5.83. The summed E-state index contributed by atoms with van der Waals surface area (Å²) >= 11 is 0. The average molecular weight is 250 g/mol. The van der Waals surface area contributed by atoms with E-state index in [1.807, 2.05) is 4.90 Å².